The monoisotopic (exact) mass is 343 g/mol. The van der Waals surface area contributed by atoms with Crippen LogP contribution in [0.2, 0.25) is 0 Å². The van der Waals surface area contributed by atoms with E-state index in [0.29, 0.717) is 30.4 Å². The Bertz CT molecular complexity index is 838. The highest BCUT2D eigenvalue weighted by Crippen LogP contribution is 2.32. The zero-order chi connectivity index (χ0) is 17.8. The van der Waals surface area contributed by atoms with Crippen molar-refractivity contribution in [2.75, 3.05) is 23.4 Å². The summed E-state index contributed by atoms with van der Waals surface area (Å²) in [5.41, 5.74) is 0.252. The standard InChI is InChI=1S/C16H13N3O6/c20-10-18(12-2-1-3-13(9-12)19(22)23)16(21)17-11-4-5-14-15(8-11)25-7-6-24-14/h1-5,8-10H,6-7H2,(H,17,21). The van der Waals surface area contributed by atoms with Crippen LogP contribution >= 0.6 is 0 Å². The predicted octanol–water partition coefficient (Wildman–Crippen LogP) is 2.56. The van der Waals surface area contributed by atoms with E-state index in [4.69, 9.17) is 9.47 Å². The van der Waals surface area contributed by atoms with Crippen molar-refractivity contribution in [3.63, 3.8) is 0 Å². The first kappa shape index (κ1) is 16.2. The molecule has 1 heterocycles. The maximum Gasteiger partial charge on any atom is 0.332 e. The quantitative estimate of drug-likeness (QED) is 0.519. The van der Waals surface area contributed by atoms with E-state index in [1.807, 2.05) is 0 Å². The molecule has 25 heavy (non-hydrogen) atoms. The van der Waals surface area contributed by atoms with Crippen LogP contribution in [0.5, 0.6) is 11.5 Å². The van der Waals surface area contributed by atoms with E-state index in [1.54, 1.807) is 18.2 Å². The molecule has 9 heteroatoms. The number of imide groups is 1. The van der Waals surface area contributed by atoms with Crippen molar-refractivity contribution in [3.8, 4) is 11.5 Å². The fourth-order valence-corrected chi connectivity index (χ4v) is 2.29. The minimum absolute atomic E-state index is 0.0826. The van der Waals surface area contributed by atoms with Crippen LogP contribution in [0.1, 0.15) is 0 Å². The zero-order valence-electron chi connectivity index (χ0n) is 12.9. The Morgan fingerprint density at radius 1 is 1.16 bits per heavy atom. The van der Waals surface area contributed by atoms with Crippen LogP contribution in [0.3, 0.4) is 0 Å². The van der Waals surface area contributed by atoms with Gasteiger partial charge in [-0.1, -0.05) is 6.07 Å². The molecule has 0 spiro atoms. The van der Waals surface area contributed by atoms with Gasteiger partial charge in [-0.15, -0.1) is 0 Å². The molecule has 0 unspecified atom stereocenters. The molecule has 0 bridgehead atoms. The summed E-state index contributed by atoms with van der Waals surface area (Å²) in [5.74, 6) is 1.05. The summed E-state index contributed by atoms with van der Waals surface area (Å²) >= 11 is 0. The molecule has 1 aliphatic rings. The van der Waals surface area contributed by atoms with Gasteiger partial charge in [0.1, 0.15) is 13.2 Å². The third-order valence-corrected chi connectivity index (χ3v) is 3.44. The number of non-ortho nitro benzene ring substituents is 1. The Morgan fingerprint density at radius 3 is 2.64 bits per heavy atom. The molecule has 2 aromatic rings. The molecule has 0 saturated carbocycles. The van der Waals surface area contributed by atoms with Crippen LogP contribution in [0.4, 0.5) is 21.9 Å². The van der Waals surface area contributed by atoms with Gasteiger partial charge < -0.3 is 14.8 Å². The molecule has 0 aliphatic carbocycles. The first-order valence-electron chi connectivity index (χ1n) is 7.28. The van der Waals surface area contributed by atoms with Crippen molar-refractivity contribution in [2.24, 2.45) is 0 Å². The first-order chi connectivity index (χ1) is 12.1. The molecule has 3 rings (SSSR count). The minimum Gasteiger partial charge on any atom is -0.486 e. The highest BCUT2D eigenvalue weighted by molar-refractivity contribution is 6.12. The third-order valence-electron chi connectivity index (χ3n) is 3.44. The smallest absolute Gasteiger partial charge is 0.332 e. The van der Waals surface area contributed by atoms with Crippen molar-refractivity contribution in [1.82, 2.24) is 0 Å². The summed E-state index contributed by atoms with van der Waals surface area (Å²) in [5, 5.41) is 13.4. The number of nitro groups is 1. The summed E-state index contributed by atoms with van der Waals surface area (Å²) in [6, 6.07) is 9.27. The van der Waals surface area contributed by atoms with E-state index < -0.39 is 11.0 Å². The Labute approximate surface area is 141 Å². The van der Waals surface area contributed by atoms with E-state index in [0.717, 1.165) is 11.0 Å². The highest BCUT2D eigenvalue weighted by atomic mass is 16.6. The Hall–Kier alpha value is -3.62. The lowest BCUT2D eigenvalue weighted by molar-refractivity contribution is -0.384. The maximum atomic E-state index is 12.3. The molecule has 3 amide bonds. The number of carbonyl (C=O) groups is 2. The SMILES string of the molecule is O=CN(C(=O)Nc1ccc2c(c1)OCCO2)c1cccc([N+](=O)[O-])c1. The summed E-state index contributed by atoms with van der Waals surface area (Å²) in [6.45, 7) is 0.850. The van der Waals surface area contributed by atoms with E-state index in [-0.39, 0.29) is 17.8 Å². The minimum atomic E-state index is -0.757. The number of hydrogen-bond acceptors (Lipinski definition) is 6. The number of urea groups is 1. The molecule has 0 aromatic heterocycles. The molecular formula is C16H13N3O6. The zero-order valence-corrected chi connectivity index (χ0v) is 12.9. The Balaban J connectivity index is 1.80. The summed E-state index contributed by atoms with van der Waals surface area (Å²) in [6.07, 6.45) is 0.284. The van der Waals surface area contributed by atoms with Gasteiger partial charge in [0.25, 0.3) is 5.69 Å². The first-order valence-corrected chi connectivity index (χ1v) is 7.28. The topological polar surface area (TPSA) is 111 Å². The maximum absolute atomic E-state index is 12.3. The van der Waals surface area contributed by atoms with Gasteiger partial charge in [-0.05, 0) is 18.2 Å². The van der Waals surface area contributed by atoms with Crippen LogP contribution < -0.4 is 19.7 Å². The van der Waals surface area contributed by atoms with Crippen molar-refractivity contribution in [3.05, 3.63) is 52.6 Å². The van der Waals surface area contributed by atoms with E-state index in [9.17, 15) is 19.7 Å². The van der Waals surface area contributed by atoms with Gasteiger partial charge in [-0.3, -0.25) is 14.9 Å². The number of hydrogen-bond donors (Lipinski definition) is 1. The number of nitrogens with one attached hydrogen (secondary N) is 1. The van der Waals surface area contributed by atoms with Gasteiger partial charge in [-0.2, -0.15) is 0 Å². The van der Waals surface area contributed by atoms with Crippen molar-refractivity contribution >= 4 is 29.5 Å². The molecule has 1 aliphatic heterocycles. The lowest BCUT2D eigenvalue weighted by atomic mass is 10.2. The lowest BCUT2D eigenvalue weighted by Crippen LogP contribution is -2.33. The number of amides is 3. The molecule has 0 radical (unpaired) electrons. The normalized spacial score (nSPS) is 12.2. The number of nitro benzene ring substituents is 1. The molecule has 2 aromatic carbocycles. The van der Waals surface area contributed by atoms with E-state index in [1.165, 1.54) is 18.2 Å². The largest absolute Gasteiger partial charge is 0.486 e. The third kappa shape index (κ3) is 3.50. The second-order valence-corrected chi connectivity index (χ2v) is 5.04. The van der Waals surface area contributed by atoms with Crippen LogP contribution in [0.25, 0.3) is 0 Å². The highest BCUT2D eigenvalue weighted by Gasteiger charge is 2.19. The van der Waals surface area contributed by atoms with E-state index in [2.05, 4.69) is 5.32 Å². The van der Waals surface area contributed by atoms with Crippen LogP contribution in [-0.4, -0.2) is 30.6 Å². The molecular weight excluding hydrogens is 330 g/mol. The predicted molar refractivity (Wildman–Crippen MR) is 88.1 cm³/mol. The fraction of sp³-hybridized carbons (Fsp3) is 0.125. The van der Waals surface area contributed by atoms with Gasteiger partial charge in [0, 0.05) is 23.9 Å². The van der Waals surface area contributed by atoms with Crippen LogP contribution in [0.15, 0.2) is 42.5 Å². The van der Waals surface area contributed by atoms with E-state index >= 15 is 0 Å². The summed E-state index contributed by atoms with van der Waals surface area (Å²) in [7, 11) is 0. The van der Waals surface area contributed by atoms with Crippen molar-refractivity contribution in [2.45, 2.75) is 0 Å². The number of benzene rings is 2. The fourth-order valence-electron chi connectivity index (χ4n) is 2.29. The van der Waals surface area contributed by atoms with Gasteiger partial charge >= 0.3 is 6.03 Å². The van der Waals surface area contributed by atoms with Crippen LogP contribution in [-0.2, 0) is 4.79 Å². The molecule has 0 saturated heterocycles. The van der Waals surface area contributed by atoms with Crippen LogP contribution in [0, 0.1) is 10.1 Å². The lowest BCUT2D eigenvalue weighted by Gasteiger charge is -2.20. The average Bonchev–Trinajstić information content (AvgIpc) is 2.62. The number of anilines is 2. The van der Waals surface area contributed by atoms with Gasteiger partial charge in [0.05, 0.1) is 10.6 Å². The Morgan fingerprint density at radius 2 is 1.92 bits per heavy atom. The second-order valence-electron chi connectivity index (χ2n) is 5.04. The molecule has 1 N–H and O–H groups in total. The van der Waals surface area contributed by atoms with Crippen molar-refractivity contribution < 1.29 is 24.0 Å². The number of fused-ring (bicyclic) bond motifs is 1. The van der Waals surface area contributed by atoms with Gasteiger partial charge in [0.15, 0.2) is 11.5 Å². The number of ether oxygens (including phenoxy) is 2. The summed E-state index contributed by atoms with van der Waals surface area (Å²) in [4.78, 5) is 34.6. The number of nitrogens with zero attached hydrogens (tertiary/aromatic N) is 2. The van der Waals surface area contributed by atoms with Crippen molar-refractivity contribution in [1.29, 1.82) is 0 Å². The summed E-state index contributed by atoms with van der Waals surface area (Å²) < 4.78 is 10.8. The van der Waals surface area contributed by atoms with Gasteiger partial charge in [0.2, 0.25) is 6.41 Å². The Kier molecular flexibility index (Phi) is 4.46. The molecule has 128 valence electrons. The van der Waals surface area contributed by atoms with Gasteiger partial charge in [-0.25, -0.2) is 9.69 Å². The second kappa shape index (κ2) is 6.87. The molecule has 0 fully saturated rings. The number of carbonyl (C=O) groups excluding carboxylic acids is 2. The molecule has 0 atom stereocenters. The average molecular weight is 343 g/mol. The number of rotatable bonds is 4. The molecule has 9 nitrogen and oxygen atoms in total.